The summed E-state index contributed by atoms with van der Waals surface area (Å²) in [6, 6.07) is 0. The summed E-state index contributed by atoms with van der Waals surface area (Å²) >= 11 is 0. The molecule has 90 valence electrons. The number of hydrogen-bond donors (Lipinski definition) is 1. The lowest BCUT2D eigenvalue weighted by molar-refractivity contribution is -0.0221. The molecule has 0 atom stereocenters. The smallest absolute Gasteiger partial charge is 0.246 e. The van der Waals surface area contributed by atoms with E-state index in [4.69, 9.17) is 15.0 Å². The van der Waals surface area contributed by atoms with Crippen molar-refractivity contribution in [1.29, 1.82) is 0 Å². The average Bonchev–Trinajstić information content (AvgIpc) is 2.63. The van der Waals surface area contributed by atoms with Gasteiger partial charge in [0.1, 0.15) is 5.60 Å². The standard InChI is InChI=1S/C11H19N3O2/c1-4-15-10(2,3)8-13-9(16-14-8)11(12)6-5-7-11/h4-7,12H2,1-3H3. The molecular weight excluding hydrogens is 206 g/mol. The van der Waals surface area contributed by atoms with Crippen LogP contribution < -0.4 is 5.73 Å². The van der Waals surface area contributed by atoms with Gasteiger partial charge in [-0.15, -0.1) is 0 Å². The Bertz CT molecular complexity index is 369. The van der Waals surface area contributed by atoms with Crippen molar-refractivity contribution in [2.24, 2.45) is 5.73 Å². The van der Waals surface area contributed by atoms with E-state index in [0.717, 1.165) is 19.3 Å². The molecule has 0 saturated heterocycles. The van der Waals surface area contributed by atoms with Crippen molar-refractivity contribution in [1.82, 2.24) is 10.1 Å². The van der Waals surface area contributed by atoms with E-state index in [1.54, 1.807) is 0 Å². The second-order valence-electron chi connectivity index (χ2n) is 4.88. The van der Waals surface area contributed by atoms with E-state index in [2.05, 4.69) is 10.1 Å². The molecule has 2 N–H and O–H groups in total. The monoisotopic (exact) mass is 225 g/mol. The fourth-order valence-corrected chi connectivity index (χ4v) is 1.87. The number of aromatic nitrogens is 2. The van der Waals surface area contributed by atoms with Crippen molar-refractivity contribution in [3.05, 3.63) is 11.7 Å². The molecule has 2 rings (SSSR count). The SMILES string of the molecule is CCOC(C)(C)c1noc(C2(N)CCC2)n1. The summed E-state index contributed by atoms with van der Waals surface area (Å²) < 4.78 is 10.8. The number of hydrogen-bond acceptors (Lipinski definition) is 5. The van der Waals surface area contributed by atoms with Gasteiger partial charge in [-0.25, -0.2) is 0 Å². The van der Waals surface area contributed by atoms with Gasteiger partial charge in [-0.3, -0.25) is 0 Å². The highest BCUT2D eigenvalue weighted by Gasteiger charge is 2.41. The Kier molecular flexibility index (Phi) is 2.75. The lowest BCUT2D eigenvalue weighted by Gasteiger charge is -2.33. The van der Waals surface area contributed by atoms with Crippen LogP contribution in [0.4, 0.5) is 0 Å². The summed E-state index contributed by atoms with van der Waals surface area (Å²) in [6.45, 7) is 6.41. The highest BCUT2D eigenvalue weighted by atomic mass is 16.5. The van der Waals surface area contributed by atoms with E-state index in [-0.39, 0.29) is 0 Å². The normalized spacial score (nSPS) is 19.5. The molecule has 0 aliphatic heterocycles. The molecule has 0 amide bonds. The minimum atomic E-state index is -0.517. The lowest BCUT2D eigenvalue weighted by atomic mass is 9.78. The van der Waals surface area contributed by atoms with Gasteiger partial charge in [0.25, 0.3) is 0 Å². The molecule has 1 saturated carbocycles. The summed E-state index contributed by atoms with van der Waals surface area (Å²) in [5, 5.41) is 3.96. The van der Waals surface area contributed by atoms with E-state index >= 15 is 0 Å². The second-order valence-corrected chi connectivity index (χ2v) is 4.88. The first-order valence-corrected chi connectivity index (χ1v) is 5.75. The average molecular weight is 225 g/mol. The topological polar surface area (TPSA) is 74.2 Å². The third-order valence-electron chi connectivity index (χ3n) is 3.14. The summed E-state index contributed by atoms with van der Waals surface area (Å²) in [5.41, 5.74) is 5.21. The summed E-state index contributed by atoms with van der Waals surface area (Å²) in [4.78, 5) is 4.37. The number of nitrogens with zero attached hydrogens (tertiary/aromatic N) is 2. The van der Waals surface area contributed by atoms with Gasteiger partial charge >= 0.3 is 0 Å². The Morgan fingerprint density at radius 2 is 2.19 bits per heavy atom. The van der Waals surface area contributed by atoms with Crippen molar-refractivity contribution in [3.63, 3.8) is 0 Å². The highest BCUT2D eigenvalue weighted by molar-refractivity contribution is 5.09. The van der Waals surface area contributed by atoms with Crippen LogP contribution in [0.5, 0.6) is 0 Å². The van der Waals surface area contributed by atoms with Crippen LogP contribution in [0.1, 0.15) is 51.7 Å². The van der Waals surface area contributed by atoms with Crippen LogP contribution in [0, 0.1) is 0 Å². The first-order chi connectivity index (χ1) is 7.48. The zero-order valence-corrected chi connectivity index (χ0v) is 10.1. The highest BCUT2D eigenvalue weighted by Crippen LogP contribution is 2.38. The number of nitrogens with two attached hydrogens (primary N) is 1. The van der Waals surface area contributed by atoms with Gasteiger partial charge in [0.05, 0.1) is 5.54 Å². The molecule has 16 heavy (non-hydrogen) atoms. The molecule has 1 aromatic heterocycles. The van der Waals surface area contributed by atoms with Crippen LogP contribution in [-0.2, 0) is 15.9 Å². The maximum absolute atomic E-state index is 6.12. The molecule has 0 aromatic carbocycles. The lowest BCUT2D eigenvalue weighted by Crippen LogP contribution is -2.43. The molecule has 5 nitrogen and oxygen atoms in total. The first-order valence-electron chi connectivity index (χ1n) is 5.75. The predicted molar refractivity (Wildman–Crippen MR) is 58.7 cm³/mol. The predicted octanol–water partition coefficient (Wildman–Crippen LogP) is 1.68. The molecule has 0 spiro atoms. The fraction of sp³-hybridized carbons (Fsp3) is 0.818. The molecule has 1 heterocycles. The van der Waals surface area contributed by atoms with Crippen molar-refractivity contribution < 1.29 is 9.26 Å². The summed E-state index contributed by atoms with van der Waals surface area (Å²) in [7, 11) is 0. The van der Waals surface area contributed by atoms with Gasteiger partial charge in [0, 0.05) is 6.61 Å². The van der Waals surface area contributed by atoms with Crippen LogP contribution in [0.25, 0.3) is 0 Å². The van der Waals surface area contributed by atoms with Crippen LogP contribution in [-0.4, -0.2) is 16.7 Å². The maximum atomic E-state index is 6.12. The Morgan fingerprint density at radius 1 is 1.50 bits per heavy atom. The van der Waals surface area contributed by atoms with E-state index in [1.165, 1.54) is 0 Å². The minimum absolute atomic E-state index is 0.395. The summed E-state index contributed by atoms with van der Waals surface area (Å²) in [5.74, 6) is 1.11. The first kappa shape index (κ1) is 11.5. The van der Waals surface area contributed by atoms with Gasteiger partial charge in [-0.1, -0.05) is 5.16 Å². The second kappa shape index (κ2) is 3.82. The quantitative estimate of drug-likeness (QED) is 0.843. The maximum Gasteiger partial charge on any atom is 0.246 e. The van der Waals surface area contributed by atoms with E-state index in [1.807, 2.05) is 20.8 Å². The Hall–Kier alpha value is -0.940. The van der Waals surface area contributed by atoms with Gasteiger partial charge in [0.2, 0.25) is 11.7 Å². The largest absolute Gasteiger partial charge is 0.368 e. The molecule has 1 aliphatic carbocycles. The van der Waals surface area contributed by atoms with Crippen LogP contribution in [0.15, 0.2) is 4.52 Å². The zero-order valence-electron chi connectivity index (χ0n) is 10.1. The molecule has 0 bridgehead atoms. The molecule has 1 fully saturated rings. The van der Waals surface area contributed by atoms with Crippen molar-refractivity contribution in [2.75, 3.05) is 6.61 Å². The van der Waals surface area contributed by atoms with Crippen molar-refractivity contribution >= 4 is 0 Å². The van der Waals surface area contributed by atoms with Gasteiger partial charge < -0.3 is 15.0 Å². The van der Waals surface area contributed by atoms with Crippen LogP contribution in [0.2, 0.25) is 0 Å². The number of rotatable bonds is 4. The van der Waals surface area contributed by atoms with E-state index in [9.17, 15) is 0 Å². The Balaban J connectivity index is 2.19. The minimum Gasteiger partial charge on any atom is -0.368 e. The van der Waals surface area contributed by atoms with Crippen molar-refractivity contribution in [2.45, 2.75) is 51.2 Å². The fourth-order valence-electron chi connectivity index (χ4n) is 1.87. The molecular formula is C11H19N3O2. The molecule has 5 heteroatoms. The summed E-state index contributed by atoms with van der Waals surface area (Å²) in [6.07, 6.45) is 2.97. The number of ether oxygens (including phenoxy) is 1. The van der Waals surface area contributed by atoms with E-state index < -0.39 is 11.1 Å². The molecule has 1 aliphatic rings. The molecule has 0 unspecified atom stereocenters. The zero-order chi connectivity index (χ0) is 11.8. The van der Waals surface area contributed by atoms with Crippen molar-refractivity contribution in [3.8, 4) is 0 Å². The Morgan fingerprint density at radius 3 is 2.69 bits per heavy atom. The van der Waals surface area contributed by atoms with Gasteiger partial charge in [0.15, 0.2) is 0 Å². The van der Waals surface area contributed by atoms with E-state index in [0.29, 0.717) is 18.3 Å². The van der Waals surface area contributed by atoms with Gasteiger partial charge in [-0.05, 0) is 40.0 Å². The third-order valence-corrected chi connectivity index (χ3v) is 3.14. The van der Waals surface area contributed by atoms with Crippen LogP contribution in [0.3, 0.4) is 0 Å². The van der Waals surface area contributed by atoms with Crippen LogP contribution >= 0.6 is 0 Å². The third kappa shape index (κ3) is 1.85. The van der Waals surface area contributed by atoms with Gasteiger partial charge in [-0.2, -0.15) is 4.98 Å². The molecule has 1 aromatic rings. The molecule has 0 radical (unpaired) electrons. The Labute approximate surface area is 95.3 Å².